The Hall–Kier alpha value is -1.55. The number of para-hydroxylation sites is 1. The van der Waals surface area contributed by atoms with Crippen molar-refractivity contribution >= 4 is 11.0 Å². The number of hydrogen-bond donors (Lipinski definition) is 1. The smallest absolute Gasteiger partial charge is 0.146 e. The van der Waals surface area contributed by atoms with E-state index in [2.05, 4.69) is 15.6 Å². The van der Waals surface area contributed by atoms with E-state index in [1.807, 2.05) is 12.1 Å². The van der Waals surface area contributed by atoms with E-state index in [0.29, 0.717) is 0 Å². The Morgan fingerprint density at radius 2 is 2.38 bits per heavy atom. The SMILES string of the molecule is COc1cccc2c1nc1n2CCC(N)C1. The van der Waals surface area contributed by atoms with E-state index in [1.165, 1.54) is 0 Å². The first kappa shape index (κ1) is 9.66. The largest absolute Gasteiger partial charge is 0.494 e. The molecule has 4 nitrogen and oxygen atoms in total. The Bertz CT molecular complexity index is 532. The van der Waals surface area contributed by atoms with Gasteiger partial charge in [0.1, 0.15) is 17.1 Å². The van der Waals surface area contributed by atoms with Gasteiger partial charge in [0, 0.05) is 19.0 Å². The van der Waals surface area contributed by atoms with Gasteiger partial charge in [-0.3, -0.25) is 0 Å². The van der Waals surface area contributed by atoms with Crippen LogP contribution in [0.2, 0.25) is 0 Å². The van der Waals surface area contributed by atoms with Crippen molar-refractivity contribution in [3.05, 3.63) is 24.0 Å². The summed E-state index contributed by atoms with van der Waals surface area (Å²) in [4.78, 5) is 4.63. The maximum Gasteiger partial charge on any atom is 0.146 e. The molecule has 1 atom stereocenters. The zero-order chi connectivity index (χ0) is 11.1. The molecule has 2 N–H and O–H groups in total. The van der Waals surface area contributed by atoms with Gasteiger partial charge in [-0.2, -0.15) is 0 Å². The number of nitrogens with two attached hydrogens (primary N) is 1. The lowest BCUT2D eigenvalue weighted by atomic mass is 10.1. The fraction of sp³-hybridized carbons (Fsp3) is 0.417. The topological polar surface area (TPSA) is 53.1 Å². The molecule has 0 saturated carbocycles. The molecule has 1 aliphatic rings. The van der Waals surface area contributed by atoms with Gasteiger partial charge in [0.2, 0.25) is 0 Å². The van der Waals surface area contributed by atoms with Crippen LogP contribution in [0, 0.1) is 0 Å². The van der Waals surface area contributed by atoms with E-state index >= 15 is 0 Å². The predicted molar refractivity (Wildman–Crippen MR) is 62.6 cm³/mol. The molecule has 1 aromatic carbocycles. The Kier molecular flexibility index (Phi) is 2.11. The van der Waals surface area contributed by atoms with Crippen molar-refractivity contribution in [1.29, 1.82) is 0 Å². The fourth-order valence-electron chi connectivity index (χ4n) is 2.37. The van der Waals surface area contributed by atoms with Crippen LogP contribution in [-0.2, 0) is 13.0 Å². The van der Waals surface area contributed by atoms with Gasteiger partial charge in [-0.1, -0.05) is 6.07 Å². The molecule has 16 heavy (non-hydrogen) atoms. The van der Waals surface area contributed by atoms with Crippen LogP contribution < -0.4 is 10.5 Å². The number of hydrogen-bond acceptors (Lipinski definition) is 3. The van der Waals surface area contributed by atoms with Gasteiger partial charge in [-0.05, 0) is 18.6 Å². The van der Waals surface area contributed by atoms with Gasteiger partial charge in [-0.15, -0.1) is 0 Å². The molecule has 0 radical (unpaired) electrons. The molecule has 0 saturated heterocycles. The molecule has 1 unspecified atom stereocenters. The Balaban J connectivity index is 2.24. The number of benzene rings is 1. The van der Waals surface area contributed by atoms with Crippen molar-refractivity contribution in [3.8, 4) is 5.75 Å². The monoisotopic (exact) mass is 217 g/mol. The first-order chi connectivity index (χ1) is 7.79. The molecule has 0 fully saturated rings. The van der Waals surface area contributed by atoms with Gasteiger partial charge in [0.05, 0.1) is 12.6 Å². The van der Waals surface area contributed by atoms with E-state index in [4.69, 9.17) is 10.5 Å². The molecule has 0 amide bonds. The first-order valence-corrected chi connectivity index (χ1v) is 5.57. The number of aromatic nitrogens is 2. The number of methoxy groups -OCH3 is 1. The Labute approximate surface area is 94.0 Å². The quantitative estimate of drug-likeness (QED) is 0.783. The Morgan fingerprint density at radius 3 is 3.19 bits per heavy atom. The second-order valence-corrected chi connectivity index (χ2v) is 4.26. The maximum absolute atomic E-state index is 5.96. The van der Waals surface area contributed by atoms with Gasteiger partial charge in [0.15, 0.2) is 0 Å². The summed E-state index contributed by atoms with van der Waals surface area (Å²) < 4.78 is 7.58. The van der Waals surface area contributed by atoms with Crippen molar-refractivity contribution in [3.63, 3.8) is 0 Å². The third-order valence-electron chi connectivity index (χ3n) is 3.21. The van der Waals surface area contributed by atoms with Crippen LogP contribution in [0.25, 0.3) is 11.0 Å². The number of nitrogens with zero attached hydrogens (tertiary/aromatic N) is 2. The molecular formula is C12H15N3O. The van der Waals surface area contributed by atoms with Crippen LogP contribution >= 0.6 is 0 Å². The zero-order valence-electron chi connectivity index (χ0n) is 9.31. The number of ether oxygens (including phenoxy) is 1. The number of aryl methyl sites for hydroxylation is 1. The second kappa shape index (κ2) is 3.49. The number of rotatable bonds is 1. The van der Waals surface area contributed by atoms with Crippen molar-refractivity contribution in [2.45, 2.75) is 25.4 Å². The van der Waals surface area contributed by atoms with Crippen LogP contribution in [0.15, 0.2) is 18.2 Å². The van der Waals surface area contributed by atoms with E-state index in [1.54, 1.807) is 7.11 Å². The molecule has 2 heterocycles. The highest BCUT2D eigenvalue weighted by molar-refractivity contribution is 5.82. The van der Waals surface area contributed by atoms with Gasteiger partial charge < -0.3 is 15.0 Å². The third kappa shape index (κ3) is 1.30. The van der Waals surface area contributed by atoms with E-state index < -0.39 is 0 Å². The lowest BCUT2D eigenvalue weighted by Gasteiger charge is -2.19. The normalized spacial score (nSPS) is 19.8. The van der Waals surface area contributed by atoms with Crippen LogP contribution in [0.1, 0.15) is 12.2 Å². The van der Waals surface area contributed by atoms with Gasteiger partial charge in [0.25, 0.3) is 0 Å². The van der Waals surface area contributed by atoms with Crippen LogP contribution in [-0.4, -0.2) is 22.7 Å². The van der Waals surface area contributed by atoms with Gasteiger partial charge in [-0.25, -0.2) is 4.98 Å². The van der Waals surface area contributed by atoms with Crippen molar-refractivity contribution in [1.82, 2.24) is 9.55 Å². The van der Waals surface area contributed by atoms with E-state index in [-0.39, 0.29) is 6.04 Å². The summed E-state index contributed by atoms with van der Waals surface area (Å²) in [5.41, 5.74) is 8.06. The molecule has 84 valence electrons. The predicted octanol–water partition coefficient (Wildman–Crippen LogP) is 1.32. The average molecular weight is 217 g/mol. The molecule has 4 heteroatoms. The van der Waals surface area contributed by atoms with Crippen molar-refractivity contribution < 1.29 is 4.74 Å². The summed E-state index contributed by atoms with van der Waals surface area (Å²) in [6.07, 6.45) is 1.88. The molecular weight excluding hydrogens is 202 g/mol. The number of fused-ring (bicyclic) bond motifs is 3. The lowest BCUT2D eigenvalue weighted by Crippen LogP contribution is -2.30. The van der Waals surface area contributed by atoms with Crippen molar-refractivity contribution in [2.75, 3.05) is 7.11 Å². The highest BCUT2D eigenvalue weighted by Gasteiger charge is 2.20. The zero-order valence-corrected chi connectivity index (χ0v) is 9.31. The molecule has 0 aliphatic carbocycles. The third-order valence-corrected chi connectivity index (χ3v) is 3.21. The average Bonchev–Trinajstić information content (AvgIpc) is 2.65. The summed E-state index contributed by atoms with van der Waals surface area (Å²) in [5, 5.41) is 0. The van der Waals surface area contributed by atoms with Crippen LogP contribution in [0.4, 0.5) is 0 Å². The second-order valence-electron chi connectivity index (χ2n) is 4.26. The summed E-state index contributed by atoms with van der Waals surface area (Å²) in [6, 6.07) is 6.28. The molecule has 1 aliphatic heterocycles. The van der Waals surface area contributed by atoms with Crippen LogP contribution in [0.3, 0.4) is 0 Å². The molecule has 2 aromatic rings. The summed E-state index contributed by atoms with van der Waals surface area (Å²) in [7, 11) is 1.68. The number of imidazole rings is 1. The minimum absolute atomic E-state index is 0.246. The fourth-order valence-corrected chi connectivity index (χ4v) is 2.37. The summed E-state index contributed by atoms with van der Waals surface area (Å²) in [5.74, 6) is 1.92. The minimum atomic E-state index is 0.246. The standard InChI is InChI=1S/C12H15N3O/c1-16-10-4-2-3-9-12(10)14-11-7-8(13)5-6-15(9)11/h2-4,8H,5-7,13H2,1H3. The first-order valence-electron chi connectivity index (χ1n) is 5.57. The van der Waals surface area contributed by atoms with E-state index in [0.717, 1.165) is 42.0 Å². The summed E-state index contributed by atoms with van der Waals surface area (Å²) >= 11 is 0. The minimum Gasteiger partial charge on any atom is -0.494 e. The van der Waals surface area contributed by atoms with Crippen LogP contribution in [0.5, 0.6) is 5.75 Å². The molecule has 1 aromatic heterocycles. The highest BCUT2D eigenvalue weighted by atomic mass is 16.5. The molecule has 0 bridgehead atoms. The lowest BCUT2D eigenvalue weighted by molar-refractivity contribution is 0.419. The van der Waals surface area contributed by atoms with E-state index in [9.17, 15) is 0 Å². The van der Waals surface area contributed by atoms with Crippen molar-refractivity contribution in [2.24, 2.45) is 5.73 Å². The summed E-state index contributed by atoms with van der Waals surface area (Å²) in [6.45, 7) is 0.958. The highest BCUT2D eigenvalue weighted by Crippen LogP contribution is 2.28. The van der Waals surface area contributed by atoms with Gasteiger partial charge >= 0.3 is 0 Å². The molecule has 3 rings (SSSR count). The molecule has 0 spiro atoms. The Morgan fingerprint density at radius 1 is 1.50 bits per heavy atom. The maximum atomic E-state index is 5.96.